The van der Waals surface area contributed by atoms with Gasteiger partial charge in [0.05, 0.1) is 11.0 Å². The van der Waals surface area contributed by atoms with Crippen molar-refractivity contribution < 1.29 is 4.92 Å². The number of aromatic nitrogens is 2. The lowest BCUT2D eigenvalue weighted by Gasteiger charge is -1.94. The third-order valence-corrected chi connectivity index (χ3v) is 1.51. The minimum atomic E-state index is -0.492. The van der Waals surface area contributed by atoms with Crippen LogP contribution < -0.4 is 0 Å². The number of nitriles is 1. The fraction of sp³-hybridized carbons (Fsp3) is 0.429. The fourth-order valence-corrected chi connectivity index (χ4v) is 0.889. The Hall–Kier alpha value is -1.90. The van der Waals surface area contributed by atoms with E-state index in [1.165, 1.54) is 17.1 Å². The molecule has 6 nitrogen and oxygen atoms in total. The molecule has 68 valence electrons. The molecule has 0 saturated carbocycles. The molecule has 1 aromatic rings. The monoisotopic (exact) mass is 180 g/mol. The van der Waals surface area contributed by atoms with Crippen LogP contribution in [0.5, 0.6) is 0 Å². The van der Waals surface area contributed by atoms with Crippen molar-refractivity contribution >= 4 is 5.69 Å². The molecule has 13 heavy (non-hydrogen) atoms. The summed E-state index contributed by atoms with van der Waals surface area (Å²) in [5, 5.41) is 22.3. The summed E-state index contributed by atoms with van der Waals surface area (Å²) in [5.74, 6) is 0. The van der Waals surface area contributed by atoms with Gasteiger partial charge in [-0.05, 0) is 6.42 Å². The fourth-order valence-electron chi connectivity index (χ4n) is 0.889. The van der Waals surface area contributed by atoms with Crippen LogP contribution in [0.3, 0.4) is 0 Å². The van der Waals surface area contributed by atoms with Gasteiger partial charge in [0.25, 0.3) is 0 Å². The Morgan fingerprint density at radius 3 is 3.08 bits per heavy atom. The second kappa shape index (κ2) is 4.21. The van der Waals surface area contributed by atoms with E-state index in [0.717, 1.165) is 0 Å². The smallest absolute Gasteiger partial charge is 0.266 e. The maximum absolute atomic E-state index is 10.2. The predicted molar refractivity (Wildman–Crippen MR) is 43.7 cm³/mol. The molecular weight excluding hydrogens is 172 g/mol. The molecule has 0 spiro atoms. The molecule has 0 aliphatic heterocycles. The molecule has 0 saturated heterocycles. The van der Waals surface area contributed by atoms with Gasteiger partial charge in [-0.3, -0.25) is 14.8 Å². The zero-order valence-electron chi connectivity index (χ0n) is 6.88. The highest BCUT2D eigenvalue weighted by Gasteiger charge is 2.07. The first kappa shape index (κ1) is 9.19. The van der Waals surface area contributed by atoms with E-state index < -0.39 is 4.92 Å². The lowest BCUT2D eigenvalue weighted by molar-refractivity contribution is -0.385. The molecule has 1 rings (SSSR count). The third kappa shape index (κ3) is 2.56. The van der Waals surface area contributed by atoms with Gasteiger partial charge in [0.1, 0.15) is 12.4 Å². The van der Waals surface area contributed by atoms with Crippen molar-refractivity contribution in [3.63, 3.8) is 0 Å². The normalized spacial score (nSPS) is 9.46. The average Bonchev–Trinajstić information content (AvgIpc) is 2.53. The molecule has 0 aliphatic rings. The molecule has 0 atom stereocenters. The molecule has 6 heteroatoms. The maximum Gasteiger partial charge on any atom is 0.306 e. The van der Waals surface area contributed by atoms with Crippen LogP contribution in [0.25, 0.3) is 0 Å². The van der Waals surface area contributed by atoms with Crippen molar-refractivity contribution in [3.8, 4) is 6.07 Å². The lowest BCUT2D eigenvalue weighted by atomic mass is 10.3. The molecule has 0 bridgehead atoms. The van der Waals surface area contributed by atoms with E-state index in [4.69, 9.17) is 5.26 Å². The molecule has 1 heterocycles. The van der Waals surface area contributed by atoms with Crippen molar-refractivity contribution in [2.24, 2.45) is 0 Å². The lowest BCUT2D eigenvalue weighted by Crippen LogP contribution is -1.97. The van der Waals surface area contributed by atoms with E-state index in [1.807, 2.05) is 6.07 Å². The first-order chi connectivity index (χ1) is 6.24. The number of unbranched alkanes of at least 4 members (excludes halogenated alkanes) is 1. The Kier molecular flexibility index (Phi) is 2.97. The zero-order valence-corrected chi connectivity index (χ0v) is 6.88. The van der Waals surface area contributed by atoms with Crippen LogP contribution in [0.4, 0.5) is 5.69 Å². The van der Waals surface area contributed by atoms with E-state index in [0.29, 0.717) is 19.4 Å². The zero-order chi connectivity index (χ0) is 9.68. The van der Waals surface area contributed by atoms with Crippen molar-refractivity contribution in [2.45, 2.75) is 19.4 Å². The second-order valence-electron chi connectivity index (χ2n) is 2.48. The van der Waals surface area contributed by atoms with Crippen LogP contribution in [0.1, 0.15) is 12.8 Å². The molecule has 0 fully saturated rings. The van der Waals surface area contributed by atoms with E-state index >= 15 is 0 Å². The van der Waals surface area contributed by atoms with Crippen molar-refractivity contribution in [1.82, 2.24) is 9.78 Å². The van der Waals surface area contributed by atoms with Crippen LogP contribution in [-0.2, 0) is 6.54 Å². The summed E-state index contributed by atoms with van der Waals surface area (Å²) in [4.78, 5) is 9.75. The first-order valence-electron chi connectivity index (χ1n) is 3.78. The molecule has 0 amide bonds. The standard InChI is InChI=1S/C7H8N4O2/c8-3-1-2-4-10-6-7(5-9-10)11(12)13/h5-6H,1-2,4H2. The number of aryl methyl sites for hydroxylation is 1. The van der Waals surface area contributed by atoms with E-state index in [2.05, 4.69) is 5.10 Å². The van der Waals surface area contributed by atoms with Crippen molar-refractivity contribution in [2.75, 3.05) is 0 Å². The van der Waals surface area contributed by atoms with Gasteiger partial charge in [-0.1, -0.05) is 0 Å². The molecule has 0 aliphatic carbocycles. The van der Waals surface area contributed by atoms with Gasteiger partial charge < -0.3 is 0 Å². The summed E-state index contributed by atoms with van der Waals surface area (Å²) in [6, 6.07) is 1.99. The van der Waals surface area contributed by atoms with Gasteiger partial charge in [0, 0.05) is 13.0 Å². The van der Waals surface area contributed by atoms with Crippen molar-refractivity contribution in [3.05, 3.63) is 22.5 Å². The summed E-state index contributed by atoms with van der Waals surface area (Å²) in [6.07, 6.45) is 3.66. The van der Waals surface area contributed by atoms with Gasteiger partial charge in [0.15, 0.2) is 0 Å². The van der Waals surface area contributed by atoms with Gasteiger partial charge >= 0.3 is 5.69 Å². The van der Waals surface area contributed by atoms with E-state index in [9.17, 15) is 10.1 Å². The highest BCUT2D eigenvalue weighted by Crippen LogP contribution is 2.08. The van der Waals surface area contributed by atoms with Gasteiger partial charge in [-0.25, -0.2) is 0 Å². The summed E-state index contributed by atoms with van der Waals surface area (Å²) >= 11 is 0. The van der Waals surface area contributed by atoms with Gasteiger partial charge in [-0.2, -0.15) is 10.4 Å². The topological polar surface area (TPSA) is 84.8 Å². The summed E-state index contributed by atoms with van der Waals surface area (Å²) in [5.41, 5.74) is -0.0167. The largest absolute Gasteiger partial charge is 0.306 e. The van der Waals surface area contributed by atoms with Crippen molar-refractivity contribution in [1.29, 1.82) is 5.26 Å². The Balaban J connectivity index is 2.50. The maximum atomic E-state index is 10.2. The minimum absolute atomic E-state index is 0.0167. The number of hydrogen-bond acceptors (Lipinski definition) is 4. The van der Waals surface area contributed by atoms with Gasteiger partial charge in [0.2, 0.25) is 0 Å². The highest BCUT2D eigenvalue weighted by atomic mass is 16.6. The SMILES string of the molecule is N#CCCCn1cc([N+](=O)[O-])cn1. The van der Waals surface area contributed by atoms with Crippen LogP contribution in [0.15, 0.2) is 12.4 Å². The molecule has 0 N–H and O–H groups in total. The Bertz CT molecular complexity index is 339. The molecule has 0 radical (unpaired) electrons. The Morgan fingerprint density at radius 2 is 2.54 bits per heavy atom. The second-order valence-corrected chi connectivity index (χ2v) is 2.48. The van der Waals surface area contributed by atoms with E-state index in [1.54, 1.807) is 0 Å². The van der Waals surface area contributed by atoms with Crippen LogP contribution >= 0.6 is 0 Å². The average molecular weight is 180 g/mol. The summed E-state index contributed by atoms with van der Waals surface area (Å²) in [7, 11) is 0. The number of nitrogens with zero attached hydrogens (tertiary/aromatic N) is 4. The van der Waals surface area contributed by atoms with E-state index in [-0.39, 0.29) is 5.69 Å². The summed E-state index contributed by atoms with van der Waals surface area (Å²) in [6.45, 7) is 0.543. The Labute approximate surface area is 74.5 Å². The number of nitro groups is 1. The molecule has 0 unspecified atom stereocenters. The molecule has 0 aromatic carbocycles. The number of hydrogen-bond donors (Lipinski definition) is 0. The highest BCUT2D eigenvalue weighted by molar-refractivity contribution is 5.20. The number of rotatable bonds is 4. The van der Waals surface area contributed by atoms with Crippen LogP contribution in [-0.4, -0.2) is 14.7 Å². The van der Waals surface area contributed by atoms with Crippen LogP contribution in [0, 0.1) is 21.4 Å². The molecule has 1 aromatic heterocycles. The predicted octanol–water partition coefficient (Wildman–Crippen LogP) is 1.10. The minimum Gasteiger partial charge on any atom is -0.266 e. The van der Waals surface area contributed by atoms with Gasteiger partial charge in [-0.15, -0.1) is 0 Å². The van der Waals surface area contributed by atoms with Crippen LogP contribution in [0.2, 0.25) is 0 Å². The Morgan fingerprint density at radius 1 is 1.77 bits per heavy atom. The molecular formula is C7H8N4O2. The third-order valence-electron chi connectivity index (χ3n) is 1.51. The quantitative estimate of drug-likeness (QED) is 0.394. The first-order valence-corrected chi connectivity index (χ1v) is 3.78. The summed E-state index contributed by atoms with van der Waals surface area (Å²) < 4.78 is 1.47.